The van der Waals surface area contributed by atoms with E-state index in [1.54, 1.807) is 34.9 Å². The molecule has 2 heterocycles. The summed E-state index contributed by atoms with van der Waals surface area (Å²) in [6.45, 7) is 1.03. The number of anilines is 1. The van der Waals surface area contributed by atoms with E-state index in [-0.39, 0.29) is 17.1 Å². The zero-order valence-electron chi connectivity index (χ0n) is 13.5. The number of nitrogens with two attached hydrogens (primary N) is 1. The highest BCUT2D eigenvalue weighted by Gasteiger charge is 2.33. The van der Waals surface area contributed by atoms with E-state index in [0.29, 0.717) is 34.4 Å². The molecule has 1 aliphatic rings. The third-order valence-corrected chi connectivity index (χ3v) is 6.28. The summed E-state index contributed by atoms with van der Waals surface area (Å²) in [5.74, 6) is 0.317. The average molecular weight is 366 g/mol. The molecule has 1 unspecified atom stereocenters. The fraction of sp³-hybridized carbons (Fsp3) is 0.375. The van der Waals surface area contributed by atoms with Crippen LogP contribution in [0.25, 0.3) is 10.4 Å². The van der Waals surface area contributed by atoms with Crippen molar-refractivity contribution in [1.82, 2.24) is 9.88 Å². The lowest BCUT2D eigenvalue weighted by molar-refractivity contribution is 0.0760. The van der Waals surface area contributed by atoms with Crippen molar-refractivity contribution in [2.24, 2.45) is 5.73 Å². The molecule has 0 spiro atoms. The van der Waals surface area contributed by atoms with Gasteiger partial charge in [0.25, 0.3) is 5.91 Å². The van der Waals surface area contributed by atoms with E-state index in [0.717, 1.165) is 5.75 Å². The molecule has 1 aliphatic heterocycles. The van der Waals surface area contributed by atoms with E-state index >= 15 is 0 Å². The topological polar surface area (TPSA) is 62.5 Å². The van der Waals surface area contributed by atoms with Crippen LogP contribution in [0.5, 0.6) is 0 Å². The van der Waals surface area contributed by atoms with Gasteiger partial charge in [-0.15, -0.1) is 11.8 Å². The first-order valence-corrected chi connectivity index (χ1v) is 9.45. The lowest BCUT2D eigenvalue weighted by Crippen LogP contribution is -2.39. The minimum absolute atomic E-state index is 0.0459. The molecular weight excluding hydrogens is 347 g/mol. The maximum absolute atomic E-state index is 14.3. The van der Waals surface area contributed by atoms with Gasteiger partial charge in [-0.1, -0.05) is 29.5 Å². The van der Waals surface area contributed by atoms with E-state index in [4.69, 9.17) is 5.73 Å². The van der Waals surface area contributed by atoms with E-state index in [1.165, 1.54) is 17.4 Å². The van der Waals surface area contributed by atoms with Gasteiger partial charge >= 0.3 is 0 Å². The third-order valence-electron chi connectivity index (χ3n) is 3.77. The molecule has 1 fully saturated rings. The van der Waals surface area contributed by atoms with Gasteiger partial charge in [-0.2, -0.15) is 0 Å². The van der Waals surface area contributed by atoms with E-state index in [2.05, 4.69) is 4.98 Å². The fourth-order valence-electron chi connectivity index (χ4n) is 2.56. The van der Waals surface area contributed by atoms with Crippen molar-refractivity contribution in [3.63, 3.8) is 0 Å². The van der Waals surface area contributed by atoms with Crippen LogP contribution in [-0.2, 0) is 0 Å². The van der Waals surface area contributed by atoms with Crippen molar-refractivity contribution in [1.29, 1.82) is 0 Å². The van der Waals surface area contributed by atoms with Crippen LogP contribution in [0.15, 0.2) is 24.3 Å². The molecule has 5 nitrogen and oxygen atoms in total. The van der Waals surface area contributed by atoms with Gasteiger partial charge in [0, 0.05) is 38.5 Å². The molecule has 0 bridgehead atoms. The lowest BCUT2D eigenvalue weighted by Gasteiger charge is -2.22. The number of thioether (sulfide) groups is 1. The molecule has 2 aromatic rings. The highest BCUT2D eigenvalue weighted by molar-refractivity contribution is 8.00. The Morgan fingerprint density at radius 2 is 2.21 bits per heavy atom. The van der Waals surface area contributed by atoms with Gasteiger partial charge in [0.05, 0.1) is 10.3 Å². The molecule has 8 heteroatoms. The molecule has 1 amide bonds. The summed E-state index contributed by atoms with van der Waals surface area (Å²) in [6.07, 6.45) is 0. The Bertz CT molecular complexity index is 749. The third kappa shape index (κ3) is 3.13. The first kappa shape index (κ1) is 17.2. The second-order valence-corrected chi connectivity index (χ2v) is 7.87. The molecule has 1 atom stereocenters. The summed E-state index contributed by atoms with van der Waals surface area (Å²) in [6, 6.07) is 6.47. The number of halogens is 1. The van der Waals surface area contributed by atoms with Gasteiger partial charge in [0.15, 0.2) is 5.13 Å². The summed E-state index contributed by atoms with van der Waals surface area (Å²) in [4.78, 5) is 21.6. The molecule has 1 aromatic heterocycles. The number of aromatic nitrogens is 1. The largest absolute Gasteiger partial charge is 0.354 e. The number of rotatable bonds is 4. The number of hydrogen-bond donors (Lipinski definition) is 1. The Kier molecular flexibility index (Phi) is 5.07. The molecule has 3 rings (SSSR count). The highest BCUT2D eigenvalue weighted by atomic mass is 32.2. The maximum Gasteiger partial charge on any atom is 0.275 e. The SMILES string of the molecule is CN(C)c1nc(C(=O)N2CCSC2CN)c(-c2ccccc2F)s1. The van der Waals surface area contributed by atoms with Crippen molar-refractivity contribution in [3.05, 3.63) is 35.8 Å². The van der Waals surface area contributed by atoms with Crippen molar-refractivity contribution in [3.8, 4) is 10.4 Å². The Morgan fingerprint density at radius 3 is 2.88 bits per heavy atom. The number of carbonyl (C=O) groups is 1. The van der Waals surface area contributed by atoms with Crippen LogP contribution in [-0.4, -0.2) is 54.1 Å². The summed E-state index contributed by atoms with van der Waals surface area (Å²) < 4.78 is 14.3. The van der Waals surface area contributed by atoms with E-state index in [1.807, 2.05) is 19.0 Å². The Balaban J connectivity index is 2.06. The minimum atomic E-state index is -0.355. The predicted molar refractivity (Wildman–Crippen MR) is 98.2 cm³/mol. The summed E-state index contributed by atoms with van der Waals surface area (Å²) in [5.41, 5.74) is 6.47. The standard InChI is InChI=1S/C16H19FN4OS2/c1-20(2)16-19-13(15(22)21-7-8-23-12(21)9-18)14(24-16)10-5-3-4-6-11(10)17/h3-6,12H,7-9,18H2,1-2H3. The fourth-order valence-corrected chi connectivity index (χ4v) is 4.66. The van der Waals surface area contributed by atoms with Crippen molar-refractivity contribution < 1.29 is 9.18 Å². The Hall–Kier alpha value is -1.64. The van der Waals surface area contributed by atoms with Crippen LogP contribution in [0.2, 0.25) is 0 Å². The number of thiazole rings is 1. The molecule has 1 saturated heterocycles. The van der Waals surface area contributed by atoms with Crippen molar-refractivity contribution >= 4 is 34.1 Å². The van der Waals surface area contributed by atoms with Crippen LogP contribution in [0.4, 0.5) is 9.52 Å². The Morgan fingerprint density at radius 1 is 1.46 bits per heavy atom. The highest BCUT2D eigenvalue weighted by Crippen LogP contribution is 2.37. The van der Waals surface area contributed by atoms with Gasteiger partial charge in [0.2, 0.25) is 0 Å². The molecule has 0 radical (unpaired) electrons. The molecule has 0 aliphatic carbocycles. The van der Waals surface area contributed by atoms with E-state index in [9.17, 15) is 9.18 Å². The summed E-state index contributed by atoms with van der Waals surface area (Å²) in [7, 11) is 3.71. The molecule has 128 valence electrons. The van der Waals surface area contributed by atoms with E-state index < -0.39 is 0 Å². The number of amides is 1. The first-order valence-electron chi connectivity index (χ1n) is 7.58. The van der Waals surface area contributed by atoms with Gasteiger partial charge in [-0.25, -0.2) is 9.37 Å². The van der Waals surface area contributed by atoms with Crippen LogP contribution in [0.1, 0.15) is 10.5 Å². The molecule has 24 heavy (non-hydrogen) atoms. The normalized spacial score (nSPS) is 17.3. The smallest absolute Gasteiger partial charge is 0.275 e. The number of nitrogens with zero attached hydrogens (tertiary/aromatic N) is 3. The zero-order chi connectivity index (χ0) is 17.3. The van der Waals surface area contributed by atoms with Crippen LogP contribution >= 0.6 is 23.1 Å². The van der Waals surface area contributed by atoms with Gasteiger partial charge in [0.1, 0.15) is 11.5 Å². The van der Waals surface area contributed by atoms with Gasteiger partial charge in [-0.05, 0) is 6.07 Å². The Labute approximate surface area is 148 Å². The summed E-state index contributed by atoms with van der Waals surface area (Å²) >= 11 is 2.98. The number of benzene rings is 1. The minimum Gasteiger partial charge on any atom is -0.354 e. The van der Waals surface area contributed by atoms with Crippen LogP contribution < -0.4 is 10.6 Å². The van der Waals surface area contributed by atoms with Gasteiger partial charge in [-0.3, -0.25) is 4.79 Å². The second-order valence-electron chi connectivity index (χ2n) is 5.61. The number of hydrogen-bond acceptors (Lipinski definition) is 6. The lowest BCUT2D eigenvalue weighted by atomic mass is 10.1. The predicted octanol–water partition coefficient (Wildman–Crippen LogP) is 2.49. The van der Waals surface area contributed by atoms with Gasteiger partial charge < -0.3 is 15.5 Å². The van der Waals surface area contributed by atoms with Crippen molar-refractivity contribution in [2.45, 2.75) is 5.37 Å². The molecule has 1 aromatic carbocycles. The van der Waals surface area contributed by atoms with Crippen LogP contribution in [0.3, 0.4) is 0 Å². The second kappa shape index (κ2) is 7.08. The molecular formula is C16H19FN4OS2. The first-order chi connectivity index (χ1) is 11.5. The quantitative estimate of drug-likeness (QED) is 0.901. The monoisotopic (exact) mass is 366 g/mol. The molecule has 2 N–H and O–H groups in total. The summed E-state index contributed by atoms with van der Waals surface area (Å²) in [5, 5.41) is 0.628. The zero-order valence-corrected chi connectivity index (χ0v) is 15.2. The van der Waals surface area contributed by atoms with Crippen molar-refractivity contribution in [2.75, 3.05) is 37.8 Å². The average Bonchev–Trinajstić information content (AvgIpc) is 3.21. The maximum atomic E-state index is 14.3. The van der Waals surface area contributed by atoms with Crippen LogP contribution in [0, 0.1) is 5.82 Å². The number of carbonyl (C=O) groups excluding carboxylic acids is 1. The molecule has 0 saturated carbocycles.